The first-order chi connectivity index (χ1) is 20.4. The maximum Gasteiger partial charge on any atom is 0.246 e. The number of piperazine rings is 2. The highest BCUT2D eigenvalue weighted by Crippen LogP contribution is 2.30. The van der Waals surface area contributed by atoms with Gasteiger partial charge in [0.05, 0.1) is 6.54 Å². The Kier molecular flexibility index (Phi) is 8.35. The summed E-state index contributed by atoms with van der Waals surface area (Å²) in [6.07, 6.45) is 0. The summed E-state index contributed by atoms with van der Waals surface area (Å²) in [6, 6.07) is 24.6. The summed E-state index contributed by atoms with van der Waals surface area (Å²) < 4.78 is 0. The van der Waals surface area contributed by atoms with Crippen LogP contribution in [0, 0.1) is 13.8 Å². The highest BCUT2D eigenvalue weighted by Gasteiger charge is 2.27. The van der Waals surface area contributed by atoms with Crippen LogP contribution >= 0.6 is 11.6 Å². The number of hydrogen-bond donors (Lipinski definition) is 0. The molecule has 0 atom stereocenters. The molecule has 0 spiro atoms. The van der Waals surface area contributed by atoms with E-state index in [1.165, 1.54) is 16.8 Å². The number of aryl methyl sites for hydroxylation is 2. The Balaban J connectivity index is 1.08. The number of anilines is 2. The summed E-state index contributed by atoms with van der Waals surface area (Å²) in [5.41, 5.74) is 7.16. The van der Waals surface area contributed by atoms with E-state index < -0.39 is 0 Å². The van der Waals surface area contributed by atoms with Gasteiger partial charge in [-0.3, -0.25) is 9.69 Å². The van der Waals surface area contributed by atoms with E-state index in [4.69, 9.17) is 16.6 Å². The third kappa shape index (κ3) is 6.40. The van der Waals surface area contributed by atoms with E-state index >= 15 is 0 Å². The van der Waals surface area contributed by atoms with Crippen LogP contribution in [-0.2, 0) is 4.79 Å². The number of benzene rings is 3. The minimum absolute atomic E-state index is 0.184. The minimum atomic E-state index is 0.184. The molecule has 0 aliphatic carbocycles. The van der Waals surface area contributed by atoms with Crippen molar-refractivity contribution in [3.8, 4) is 22.5 Å². The Bertz CT molecular complexity index is 1510. The van der Waals surface area contributed by atoms with Crippen molar-refractivity contribution in [2.75, 3.05) is 68.7 Å². The quantitative estimate of drug-likeness (QED) is 0.319. The predicted octanol–water partition coefficient (Wildman–Crippen LogP) is 4.95. The van der Waals surface area contributed by atoms with Crippen molar-refractivity contribution in [1.82, 2.24) is 25.0 Å². The molecule has 6 rings (SSSR count). The fourth-order valence-corrected chi connectivity index (χ4v) is 5.66. The monoisotopic (exact) mass is 581 g/mol. The molecule has 0 unspecified atom stereocenters. The van der Waals surface area contributed by atoms with Gasteiger partial charge in [-0.2, -0.15) is 0 Å². The van der Waals surface area contributed by atoms with Crippen LogP contribution in [0.5, 0.6) is 0 Å². The molecule has 2 fully saturated rings. The summed E-state index contributed by atoms with van der Waals surface area (Å²) in [5, 5.41) is 9.96. The van der Waals surface area contributed by atoms with Gasteiger partial charge >= 0.3 is 0 Å². The number of nitrogens with zero attached hydrogens (tertiary/aromatic N) is 7. The molecule has 1 aromatic heterocycles. The maximum absolute atomic E-state index is 13.2. The summed E-state index contributed by atoms with van der Waals surface area (Å²) in [4.78, 5) is 26.9. The maximum atomic E-state index is 13.2. The predicted molar refractivity (Wildman–Crippen MR) is 169 cm³/mol. The van der Waals surface area contributed by atoms with Crippen molar-refractivity contribution >= 4 is 29.1 Å². The number of halogens is 1. The molecule has 0 radical (unpaired) electrons. The standard InChI is InChI=1S/C33H36ClN7O/c1-24-3-7-26(8-4-24)31-32(27-9-5-25(2)6-10-27)36-37-33(35-31)41-21-19-40(20-22-41)30(42)23-38-15-17-39(18-16-38)29-13-11-28(34)12-14-29/h3-14H,15-23H2,1-2H3. The molecule has 0 N–H and O–H groups in total. The molecule has 3 aromatic carbocycles. The molecule has 2 aliphatic rings. The first-order valence-corrected chi connectivity index (χ1v) is 15.0. The Morgan fingerprint density at radius 1 is 0.667 bits per heavy atom. The van der Waals surface area contributed by atoms with Crippen LogP contribution in [0.25, 0.3) is 22.5 Å². The molecule has 3 heterocycles. The Labute approximate surface area is 252 Å². The Hall–Kier alpha value is -4.01. The lowest BCUT2D eigenvalue weighted by atomic mass is 10.0. The van der Waals surface area contributed by atoms with Gasteiger partial charge in [0.2, 0.25) is 11.9 Å². The Morgan fingerprint density at radius 3 is 1.81 bits per heavy atom. The van der Waals surface area contributed by atoms with Gasteiger partial charge in [0.1, 0.15) is 11.4 Å². The first kappa shape index (κ1) is 28.1. The number of aromatic nitrogens is 3. The second-order valence-corrected chi connectivity index (χ2v) is 11.6. The number of carbonyl (C=O) groups is 1. The van der Waals surface area contributed by atoms with Crippen molar-refractivity contribution in [2.45, 2.75) is 13.8 Å². The largest absolute Gasteiger partial charge is 0.369 e. The molecule has 4 aromatic rings. The molecule has 2 aliphatic heterocycles. The van der Waals surface area contributed by atoms with Gasteiger partial charge in [-0.25, -0.2) is 4.98 Å². The molecule has 9 heteroatoms. The summed E-state index contributed by atoms with van der Waals surface area (Å²) >= 11 is 6.04. The highest BCUT2D eigenvalue weighted by atomic mass is 35.5. The van der Waals surface area contributed by atoms with Crippen molar-refractivity contribution in [2.24, 2.45) is 0 Å². The van der Waals surface area contributed by atoms with E-state index in [1.54, 1.807) is 0 Å². The van der Waals surface area contributed by atoms with Crippen molar-refractivity contribution in [3.05, 3.63) is 88.9 Å². The van der Waals surface area contributed by atoms with Crippen LogP contribution in [0.1, 0.15) is 11.1 Å². The molecule has 0 bridgehead atoms. The smallest absolute Gasteiger partial charge is 0.246 e. The fraction of sp³-hybridized carbons (Fsp3) is 0.333. The fourth-order valence-electron chi connectivity index (χ4n) is 5.53. The van der Waals surface area contributed by atoms with E-state index in [2.05, 4.69) is 99.4 Å². The van der Waals surface area contributed by atoms with Crippen LogP contribution in [0.3, 0.4) is 0 Å². The number of carbonyl (C=O) groups excluding carboxylic acids is 1. The van der Waals surface area contributed by atoms with Gasteiger partial charge < -0.3 is 14.7 Å². The van der Waals surface area contributed by atoms with Crippen LogP contribution in [0.4, 0.5) is 11.6 Å². The lowest BCUT2D eigenvalue weighted by Crippen LogP contribution is -2.54. The van der Waals surface area contributed by atoms with Gasteiger partial charge in [0.15, 0.2) is 0 Å². The zero-order chi connectivity index (χ0) is 29.1. The minimum Gasteiger partial charge on any atom is -0.369 e. The lowest BCUT2D eigenvalue weighted by molar-refractivity contribution is -0.132. The molecular weight excluding hydrogens is 546 g/mol. The van der Waals surface area contributed by atoms with Crippen LogP contribution < -0.4 is 9.80 Å². The van der Waals surface area contributed by atoms with Crippen LogP contribution in [0.2, 0.25) is 5.02 Å². The van der Waals surface area contributed by atoms with Gasteiger partial charge in [-0.1, -0.05) is 71.3 Å². The van der Waals surface area contributed by atoms with Gasteiger partial charge in [0, 0.05) is 74.2 Å². The van der Waals surface area contributed by atoms with Gasteiger partial charge in [0.25, 0.3) is 0 Å². The van der Waals surface area contributed by atoms with Crippen LogP contribution in [-0.4, -0.2) is 89.8 Å². The Morgan fingerprint density at radius 2 is 1.21 bits per heavy atom. The average molecular weight is 582 g/mol. The molecule has 216 valence electrons. The van der Waals surface area contributed by atoms with Crippen molar-refractivity contribution < 1.29 is 4.79 Å². The van der Waals surface area contributed by atoms with E-state index in [-0.39, 0.29) is 5.91 Å². The van der Waals surface area contributed by atoms with Gasteiger partial charge in [-0.05, 0) is 38.1 Å². The lowest BCUT2D eigenvalue weighted by Gasteiger charge is -2.38. The van der Waals surface area contributed by atoms with E-state index in [9.17, 15) is 4.79 Å². The zero-order valence-corrected chi connectivity index (χ0v) is 25.0. The molecule has 8 nitrogen and oxygen atoms in total. The average Bonchev–Trinajstić information content (AvgIpc) is 3.02. The molecule has 2 saturated heterocycles. The van der Waals surface area contributed by atoms with E-state index in [0.29, 0.717) is 38.7 Å². The summed E-state index contributed by atoms with van der Waals surface area (Å²) in [6.45, 7) is 10.8. The normalized spacial score (nSPS) is 16.1. The second kappa shape index (κ2) is 12.5. The number of hydrogen-bond acceptors (Lipinski definition) is 7. The highest BCUT2D eigenvalue weighted by molar-refractivity contribution is 6.30. The molecule has 0 saturated carbocycles. The van der Waals surface area contributed by atoms with E-state index in [0.717, 1.165) is 53.7 Å². The van der Waals surface area contributed by atoms with Gasteiger partial charge in [-0.15, -0.1) is 10.2 Å². The number of amides is 1. The molecule has 1 amide bonds. The number of rotatable bonds is 6. The third-order valence-electron chi connectivity index (χ3n) is 8.16. The second-order valence-electron chi connectivity index (χ2n) is 11.1. The van der Waals surface area contributed by atoms with Crippen molar-refractivity contribution in [1.29, 1.82) is 0 Å². The third-order valence-corrected chi connectivity index (χ3v) is 8.42. The van der Waals surface area contributed by atoms with E-state index in [1.807, 2.05) is 17.0 Å². The SMILES string of the molecule is Cc1ccc(-c2nnc(N3CCN(C(=O)CN4CCN(c5ccc(Cl)cc5)CC4)CC3)nc2-c2ccc(C)cc2)cc1. The summed E-state index contributed by atoms with van der Waals surface area (Å²) in [5.74, 6) is 0.788. The topological polar surface area (TPSA) is 68.7 Å². The van der Waals surface area contributed by atoms with Crippen molar-refractivity contribution in [3.63, 3.8) is 0 Å². The zero-order valence-electron chi connectivity index (χ0n) is 24.2. The molecular formula is C33H36ClN7O. The van der Waals surface area contributed by atoms with Crippen LogP contribution in [0.15, 0.2) is 72.8 Å². The first-order valence-electron chi connectivity index (χ1n) is 14.6. The summed E-state index contributed by atoms with van der Waals surface area (Å²) in [7, 11) is 0. The molecule has 42 heavy (non-hydrogen) atoms.